The Balaban J connectivity index is 2.12. The van der Waals surface area contributed by atoms with E-state index >= 15 is 0 Å². The Morgan fingerprint density at radius 3 is 2.64 bits per heavy atom. The van der Waals surface area contributed by atoms with Crippen LogP contribution in [-0.4, -0.2) is 24.4 Å². The lowest BCUT2D eigenvalue weighted by atomic mass is 10.2. The lowest BCUT2D eigenvalue weighted by molar-refractivity contribution is 0.191. The van der Waals surface area contributed by atoms with Crippen LogP contribution in [0, 0.1) is 0 Å². The SMILES string of the molecule is CCOc1cc(CNCC(C)O)c(Br)cc1OCc1cccc(Cl)c1. The van der Waals surface area contributed by atoms with Crippen LogP contribution in [0.25, 0.3) is 0 Å². The van der Waals surface area contributed by atoms with Crippen LogP contribution in [0.5, 0.6) is 11.5 Å². The number of hydrogen-bond donors (Lipinski definition) is 2. The van der Waals surface area contributed by atoms with Crippen LogP contribution in [-0.2, 0) is 13.2 Å². The first-order valence-corrected chi connectivity index (χ1v) is 9.38. The lowest BCUT2D eigenvalue weighted by Crippen LogP contribution is -2.24. The average molecular weight is 429 g/mol. The van der Waals surface area contributed by atoms with Crippen molar-refractivity contribution in [2.45, 2.75) is 33.1 Å². The molecule has 0 saturated heterocycles. The minimum absolute atomic E-state index is 0.384. The van der Waals surface area contributed by atoms with E-state index in [0.29, 0.717) is 42.8 Å². The van der Waals surface area contributed by atoms with Gasteiger partial charge in [0.2, 0.25) is 0 Å². The third-order valence-corrected chi connectivity index (χ3v) is 4.42. The van der Waals surface area contributed by atoms with Crippen molar-refractivity contribution in [3.63, 3.8) is 0 Å². The van der Waals surface area contributed by atoms with Gasteiger partial charge in [0.15, 0.2) is 11.5 Å². The molecule has 2 N–H and O–H groups in total. The zero-order valence-corrected chi connectivity index (χ0v) is 16.7. The fourth-order valence-corrected chi connectivity index (χ4v) is 2.97. The first-order valence-electron chi connectivity index (χ1n) is 8.20. The highest BCUT2D eigenvalue weighted by molar-refractivity contribution is 9.10. The number of rotatable bonds is 9. The molecule has 0 aliphatic carbocycles. The summed E-state index contributed by atoms with van der Waals surface area (Å²) in [4.78, 5) is 0. The van der Waals surface area contributed by atoms with E-state index in [0.717, 1.165) is 15.6 Å². The molecule has 0 aliphatic rings. The fraction of sp³-hybridized carbons (Fsp3) is 0.368. The highest BCUT2D eigenvalue weighted by Gasteiger charge is 2.11. The quantitative estimate of drug-likeness (QED) is 0.615. The Morgan fingerprint density at radius 1 is 1.20 bits per heavy atom. The van der Waals surface area contributed by atoms with Gasteiger partial charge in [0.25, 0.3) is 0 Å². The highest BCUT2D eigenvalue weighted by Crippen LogP contribution is 2.34. The van der Waals surface area contributed by atoms with Crippen molar-refractivity contribution in [3.8, 4) is 11.5 Å². The summed E-state index contributed by atoms with van der Waals surface area (Å²) in [6, 6.07) is 11.4. The fourth-order valence-electron chi connectivity index (χ4n) is 2.30. The summed E-state index contributed by atoms with van der Waals surface area (Å²) < 4.78 is 12.6. The standard InChI is InChI=1S/C19H23BrClNO3/c1-3-24-18-8-15(11-22-10-13(2)23)17(20)9-19(18)25-12-14-5-4-6-16(21)7-14/h4-9,13,22-23H,3,10-12H2,1-2H3. The Hall–Kier alpha value is -1.27. The van der Waals surface area contributed by atoms with E-state index in [2.05, 4.69) is 21.2 Å². The molecule has 2 aromatic rings. The van der Waals surface area contributed by atoms with Gasteiger partial charge in [0, 0.05) is 22.6 Å². The van der Waals surface area contributed by atoms with E-state index in [-0.39, 0.29) is 6.10 Å². The van der Waals surface area contributed by atoms with Crippen LogP contribution in [0.3, 0.4) is 0 Å². The molecule has 4 nitrogen and oxygen atoms in total. The Labute approximate surface area is 162 Å². The molecule has 0 amide bonds. The van der Waals surface area contributed by atoms with Gasteiger partial charge in [-0.15, -0.1) is 0 Å². The molecule has 25 heavy (non-hydrogen) atoms. The molecule has 2 aromatic carbocycles. The van der Waals surface area contributed by atoms with Gasteiger partial charge in [-0.3, -0.25) is 0 Å². The molecule has 0 aliphatic heterocycles. The average Bonchev–Trinajstić information content (AvgIpc) is 2.56. The molecule has 0 aromatic heterocycles. The maximum absolute atomic E-state index is 9.35. The lowest BCUT2D eigenvalue weighted by Gasteiger charge is -2.16. The monoisotopic (exact) mass is 427 g/mol. The summed E-state index contributed by atoms with van der Waals surface area (Å²) in [6.07, 6.45) is -0.384. The Bertz CT molecular complexity index is 694. The van der Waals surface area contributed by atoms with E-state index in [9.17, 15) is 5.11 Å². The molecule has 0 radical (unpaired) electrons. The van der Waals surface area contributed by atoms with Gasteiger partial charge >= 0.3 is 0 Å². The number of ether oxygens (including phenoxy) is 2. The zero-order chi connectivity index (χ0) is 18.2. The van der Waals surface area contributed by atoms with Gasteiger partial charge in [0.05, 0.1) is 12.7 Å². The summed E-state index contributed by atoms with van der Waals surface area (Å²) in [7, 11) is 0. The van der Waals surface area contributed by atoms with Crippen molar-refractivity contribution in [2.24, 2.45) is 0 Å². The molecule has 136 valence electrons. The number of aliphatic hydroxyl groups is 1. The summed E-state index contributed by atoms with van der Waals surface area (Å²) >= 11 is 9.59. The van der Waals surface area contributed by atoms with Crippen molar-refractivity contribution < 1.29 is 14.6 Å². The Morgan fingerprint density at radius 2 is 1.96 bits per heavy atom. The number of nitrogens with one attached hydrogen (secondary N) is 1. The largest absolute Gasteiger partial charge is 0.490 e. The van der Waals surface area contributed by atoms with E-state index < -0.39 is 0 Å². The summed E-state index contributed by atoms with van der Waals surface area (Å²) in [5.74, 6) is 1.37. The molecule has 0 saturated carbocycles. The van der Waals surface area contributed by atoms with Crippen LogP contribution in [0.4, 0.5) is 0 Å². The first-order chi connectivity index (χ1) is 12.0. The molecular weight excluding hydrogens is 406 g/mol. The van der Waals surface area contributed by atoms with E-state index in [1.165, 1.54) is 0 Å². The minimum atomic E-state index is -0.384. The van der Waals surface area contributed by atoms with Crippen LogP contribution in [0.2, 0.25) is 5.02 Å². The molecule has 0 bridgehead atoms. The molecular formula is C19H23BrClNO3. The van der Waals surface area contributed by atoms with Crippen LogP contribution in [0.15, 0.2) is 40.9 Å². The molecule has 0 heterocycles. The number of halogens is 2. The van der Waals surface area contributed by atoms with Gasteiger partial charge in [-0.05, 0) is 49.2 Å². The van der Waals surface area contributed by atoms with Crippen molar-refractivity contribution in [1.29, 1.82) is 0 Å². The molecule has 0 spiro atoms. The second-order valence-electron chi connectivity index (χ2n) is 5.72. The zero-order valence-electron chi connectivity index (χ0n) is 14.4. The molecule has 6 heteroatoms. The number of benzene rings is 2. The molecule has 2 rings (SSSR count). The maximum atomic E-state index is 9.35. The summed E-state index contributed by atoms with van der Waals surface area (Å²) in [5.41, 5.74) is 2.04. The van der Waals surface area contributed by atoms with Gasteiger partial charge in [0.1, 0.15) is 6.61 Å². The molecule has 1 atom stereocenters. The van der Waals surface area contributed by atoms with Gasteiger partial charge in [-0.25, -0.2) is 0 Å². The smallest absolute Gasteiger partial charge is 0.162 e. The maximum Gasteiger partial charge on any atom is 0.162 e. The van der Waals surface area contributed by atoms with Gasteiger partial charge < -0.3 is 19.9 Å². The normalized spacial score (nSPS) is 12.0. The predicted molar refractivity (Wildman–Crippen MR) is 104 cm³/mol. The summed E-state index contributed by atoms with van der Waals surface area (Å²) in [6.45, 7) is 5.81. The van der Waals surface area contributed by atoms with E-state index in [1.54, 1.807) is 6.92 Å². The van der Waals surface area contributed by atoms with Crippen molar-refractivity contribution in [1.82, 2.24) is 5.32 Å². The predicted octanol–water partition coefficient (Wildman–Crippen LogP) is 4.55. The number of hydrogen-bond acceptors (Lipinski definition) is 4. The third kappa shape index (κ3) is 6.51. The van der Waals surface area contributed by atoms with E-state index in [1.807, 2.05) is 43.3 Å². The molecule has 0 fully saturated rings. The highest BCUT2D eigenvalue weighted by atomic mass is 79.9. The summed E-state index contributed by atoms with van der Waals surface area (Å²) in [5, 5.41) is 13.2. The number of aliphatic hydroxyl groups excluding tert-OH is 1. The topological polar surface area (TPSA) is 50.7 Å². The van der Waals surface area contributed by atoms with Crippen LogP contribution in [0.1, 0.15) is 25.0 Å². The molecule has 1 unspecified atom stereocenters. The van der Waals surface area contributed by atoms with Crippen molar-refractivity contribution in [2.75, 3.05) is 13.2 Å². The van der Waals surface area contributed by atoms with Crippen LogP contribution < -0.4 is 14.8 Å². The van der Waals surface area contributed by atoms with Crippen molar-refractivity contribution >= 4 is 27.5 Å². The van der Waals surface area contributed by atoms with Crippen molar-refractivity contribution in [3.05, 3.63) is 57.0 Å². The second-order valence-corrected chi connectivity index (χ2v) is 7.01. The first kappa shape index (κ1) is 20.0. The van der Waals surface area contributed by atoms with Crippen LogP contribution >= 0.6 is 27.5 Å². The Kier molecular flexibility index (Phi) is 8.03. The second kappa shape index (κ2) is 10.0. The third-order valence-electron chi connectivity index (χ3n) is 3.45. The van der Waals surface area contributed by atoms with Gasteiger partial charge in [-0.1, -0.05) is 39.7 Å². The minimum Gasteiger partial charge on any atom is -0.490 e. The van der Waals surface area contributed by atoms with Gasteiger partial charge in [-0.2, -0.15) is 0 Å². The van der Waals surface area contributed by atoms with E-state index in [4.69, 9.17) is 21.1 Å².